The molecule has 0 saturated heterocycles. The van der Waals surface area contributed by atoms with Crippen LogP contribution in [0.2, 0.25) is 0 Å². The maximum atomic E-state index is 13.6. The molecule has 1 amide bonds. The predicted octanol–water partition coefficient (Wildman–Crippen LogP) is 3.78. The van der Waals surface area contributed by atoms with E-state index in [2.05, 4.69) is 5.32 Å². The summed E-state index contributed by atoms with van der Waals surface area (Å²) >= 11 is 0. The Bertz CT molecular complexity index is 466. The monoisotopic (exact) mass is 295 g/mol. The highest BCUT2D eigenvalue weighted by molar-refractivity contribution is 5.76. The average Bonchev–Trinajstić information content (AvgIpc) is 2.33. The molecule has 0 bridgehead atoms. The maximum absolute atomic E-state index is 13.6. The van der Waals surface area contributed by atoms with Crippen molar-refractivity contribution in [1.82, 2.24) is 5.32 Å². The minimum atomic E-state index is -0.390. The average molecular weight is 295 g/mol. The van der Waals surface area contributed by atoms with Crippen molar-refractivity contribution in [3.05, 3.63) is 30.1 Å². The number of hydrogen-bond acceptors (Lipinski definition) is 2. The topological polar surface area (TPSA) is 38.3 Å². The van der Waals surface area contributed by atoms with Gasteiger partial charge in [0.25, 0.3) is 0 Å². The number of halogens is 1. The lowest BCUT2D eigenvalue weighted by molar-refractivity contribution is -0.123. The molecule has 3 nitrogen and oxygen atoms in total. The Balaban J connectivity index is 2.67. The van der Waals surface area contributed by atoms with Crippen molar-refractivity contribution in [1.29, 1.82) is 0 Å². The molecular weight excluding hydrogens is 269 g/mol. The molecule has 21 heavy (non-hydrogen) atoms. The molecule has 4 heteroatoms. The molecule has 1 aromatic carbocycles. The third-order valence-corrected chi connectivity index (χ3v) is 3.22. The number of nitrogens with one attached hydrogen (secondary N) is 1. The van der Waals surface area contributed by atoms with Crippen LogP contribution in [-0.4, -0.2) is 18.6 Å². The second-order valence-corrected chi connectivity index (χ2v) is 6.83. The number of carbonyl (C=O) groups excluding carboxylic acids is 1. The first kappa shape index (κ1) is 17.5. The van der Waals surface area contributed by atoms with Crippen LogP contribution in [0.15, 0.2) is 24.3 Å². The van der Waals surface area contributed by atoms with Gasteiger partial charge in [-0.25, -0.2) is 4.39 Å². The van der Waals surface area contributed by atoms with Crippen molar-refractivity contribution < 1.29 is 13.9 Å². The van der Waals surface area contributed by atoms with E-state index in [1.54, 1.807) is 18.2 Å². The number of para-hydroxylation sites is 1. The SMILES string of the molecule is CC(C)CC(=O)NC(COc1ccccc1F)C(C)(C)C. The van der Waals surface area contributed by atoms with Crippen LogP contribution in [0, 0.1) is 17.2 Å². The van der Waals surface area contributed by atoms with Crippen molar-refractivity contribution in [2.24, 2.45) is 11.3 Å². The normalized spacial score (nSPS) is 13.1. The van der Waals surface area contributed by atoms with Gasteiger partial charge < -0.3 is 10.1 Å². The molecule has 0 aromatic heterocycles. The molecule has 0 aliphatic heterocycles. The summed E-state index contributed by atoms with van der Waals surface area (Å²) in [5, 5.41) is 2.99. The summed E-state index contributed by atoms with van der Waals surface area (Å²) in [6.07, 6.45) is 0.478. The summed E-state index contributed by atoms with van der Waals surface area (Å²) in [6, 6.07) is 6.11. The first-order valence-corrected chi connectivity index (χ1v) is 7.37. The van der Waals surface area contributed by atoms with E-state index >= 15 is 0 Å². The lowest BCUT2D eigenvalue weighted by atomic mass is 9.87. The van der Waals surface area contributed by atoms with Crippen LogP contribution in [0.4, 0.5) is 4.39 Å². The van der Waals surface area contributed by atoms with Crippen LogP contribution in [0.1, 0.15) is 41.0 Å². The number of hydrogen-bond donors (Lipinski definition) is 1. The molecule has 118 valence electrons. The van der Waals surface area contributed by atoms with Crippen LogP contribution < -0.4 is 10.1 Å². The van der Waals surface area contributed by atoms with Crippen LogP contribution in [0.3, 0.4) is 0 Å². The first-order valence-electron chi connectivity index (χ1n) is 7.37. The summed E-state index contributed by atoms with van der Waals surface area (Å²) in [6.45, 7) is 10.3. The van der Waals surface area contributed by atoms with Crippen molar-refractivity contribution in [2.75, 3.05) is 6.61 Å². The number of benzene rings is 1. The highest BCUT2D eigenvalue weighted by Crippen LogP contribution is 2.22. The third kappa shape index (κ3) is 6.15. The molecular formula is C17H26FNO2. The van der Waals surface area contributed by atoms with Gasteiger partial charge in [0.1, 0.15) is 6.61 Å². The van der Waals surface area contributed by atoms with Gasteiger partial charge in [0.05, 0.1) is 6.04 Å². The number of carbonyl (C=O) groups is 1. The lowest BCUT2D eigenvalue weighted by Gasteiger charge is -2.31. The van der Waals surface area contributed by atoms with Crippen LogP contribution in [-0.2, 0) is 4.79 Å². The summed E-state index contributed by atoms with van der Waals surface area (Å²) in [5.74, 6) is 0.128. The largest absolute Gasteiger partial charge is 0.488 e. The van der Waals surface area contributed by atoms with Crippen LogP contribution in [0.25, 0.3) is 0 Å². The molecule has 1 rings (SSSR count). The smallest absolute Gasteiger partial charge is 0.220 e. The van der Waals surface area contributed by atoms with Gasteiger partial charge in [-0.15, -0.1) is 0 Å². The van der Waals surface area contributed by atoms with Crippen LogP contribution in [0.5, 0.6) is 5.75 Å². The molecule has 0 fully saturated rings. The molecule has 0 aliphatic rings. The Morgan fingerprint density at radius 2 is 1.90 bits per heavy atom. The quantitative estimate of drug-likeness (QED) is 0.867. The third-order valence-electron chi connectivity index (χ3n) is 3.22. The minimum Gasteiger partial charge on any atom is -0.488 e. The zero-order valence-electron chi connectivity index (χ0n) is 13.6. The van der Waals surface area contributed by atoms with E-state index in [1.807, 2.05) is 34.6 Å². The molecule has 1 N–H and O–H groups in total. The Morgan fingerprint density at radius 1 is 1.29 bits per heavy atom. The molecule has 0 radical (unpaired) electrons. The van der Waals surface area contributed by atoms with E-state index in [-0.39, 0.29) is 29.7 Å². The molecule has 0 aliphatic carbocycles. The van der Waals surface area contributed by atoms with Crippen molar-refractivity contribution in [3.63, 3.8) is 0 Å². The van der Waals surface area contributed by atoms with Gasteiger partial charge >= 0.3 is 0 Å². The number of amides is 1. The molecule has 1 unspecified atom stereocenters. The minimum absolute atomic E-state index is 0.00191. The summed E-state index contributed by atoms with van der Waals surface area (Å²) in [4.78, 5) is 11.9. The van der Waals surface area contributed by atoms with Crippen molar-refractivity contribution >= 4 is 5.91 Å². The zero-order chi connectivity index (χ0) is 16.0. The van der Waals surface area contributed by atoms with E-state index < -0.39 is 5.82 Å². The first-order chi connectivity index (χ1) is 9.70. The Kier molecular flexibility index (Phi) is 6.19. The fourth-order valence-electron chi connectivity index (χ4n) is 1.87. The maximum Gasteiger partial charge on any atom is 0.220 e. The van der Waals surface area contributed by atoms with Gasteiger partial charge in [0, 0.05) is 6.42 Å². The highest BCUT2D eigenvalue weighted by atomic mass is 19.1. The molecule has 0 heterocycles. The summed E-state index contributed by atoms with van der Waals surface area (Å²) in [7, 11) is 0. The molecule has 0 spiro atoms. The molecule has 1 atom stereocenters. The highest BCUT2D eigenvalue weighted by Gasteiger charge is 2.27. The van der Waals surface area contributed by atoms with Crippen molar-refractivity contribution in [2.45, 2.75) is 47.1 Å². The fourth-order valence-corrected chi connectivity index (χ4v) is 1.87. The number of rotatable bonds is 6. The molecule has 0 saturated carbocycles. The van der Waals surface area contributed by atoms with Crippen LogP contribution >= 0.6 is 0 Å². The second kappa shape index (κ2) is 7.43. The fraction of sp³-hybridized carbons (Fsp3) is 0.588. The second-order valence-electron chi connectivity index (χ2n) is 6.83. The lowest BCUT2D eigenvalue weighted by Crippen LogP contribution is -2.47. The van der Waals surface area contributed by atoms with Gasteiger partial charge in [0.15, 0.2) is 11.6 Å². The van der Waals surface area contributed by atoms with E-state index in [4.69, 9.17) is 4.74 Å². The predicted molar refractivity (Wildman–Crippen MR) is 82.7 cm³/mol. The number of ether oxygens (including phenoxy) is 1. The van der Waals surface area contributed by atoms with E-state index in [1.165, 1.54) is 6.07 Å². The zero-order valence-corrected chi connectivity index (χ0v) is 13.6. The standard InChI is InChI=1S/C17H26FNO2/c1-12(2)10-16(20)19-15(17(3,4)5)11-21-14-9-7-6-8-13(14)18/h6-9,12,15H,10-11H2,1-5H3,(H,19,20). The van der Waals surface area contributed by atoms with Gasteiger partial charge in [-0.2, -0.15) is 0 Å². The van der Waals surface area contributed by atoms with E-state index in [0.29, 0.717) is 12.3 Å². The molecule has 1 aromatic rings. The van der Waals surface area contributed by atoms with Crippen molar-refractivity contribution in [3.8, 4) is 5.75 Å². The van der Waals surface area contributed by atoms with Gasteiger partial charge in [-0.3, -0.25) is 4.79 Å². The van der Waals surface area contributed by atoms with Gasteiger partial charge in [0.2, 0.25) is 5.91 Å². The summed E-state index contributed by atoms with van der Waals surface area (Å²) < 4.78 is 19.1. The Morgan fingerprint density at radius 3 is 2.43 bits per heavy atom. The van der Waals surface area contributed by atoms with Gasteiger partial charge in [-0.05, 0) is 23.5 Å². The van der Waals surface area contributed by atoms with Gasteiger partial charge in [-0.1, -0.05) is 46.8 Å². The van der Waals surface area contributed by atoms with E-state index in [9.17, 15) is 9.18 Å². The Labute approximate surface area is 126 Å². The van der Waals surface area contributed by atoms with E-state index in [0.717, 1.165) is 0 Å². The summed E-state index contributed by atoms with van der Waals surface area (Å²) in [5.41, 5.74) is -0.169. The Hall–Kier alpha value is -1.58.